The lowest BCUT2D eigenvalue weighted by Gasteiger charge is -2.32. The molecule has 2 aromatic carbocycles. The maximum absolute atomic E-state index is 15.0. The van der Waals surface area contributed by atoms with E-state index in [1.165, 1.54) is 6.07 Å². The zero-order valence-electron chi connectivity index (χ0n) is 17.8. The molecular weight excluding hydrogens is 384 g/mol. The topological polar surface area (TPSA) is 56.8 Å². The van der Waals surface area contributed by atoms with Gasteiger partial charge in [-0.2, -0.15) is 0 Å². The van der Waals surface area contributed by atoms with Gasteiger partial charge in [-0.25, -0.2) is 9.18 Å². The molecule has 0 radical (unpaired) electrons. The van der Waals surface area contributed by atoms with Gasteiger partial charge in [-0.15, -0.1) is 0 Å². The van der Waals surface area contributed by atoms with Gasteiger partial charge in [0.2, 0.25) is 0 Å². The van der Waals surface area contributed by atoms with E-state index in [4.69, 9.17) is 14.0 Å². The zero-order chi connectivity index (χ0) is 21.6. The van der Waals surface area contributed by atoms with E-state index in [2.05, 4.69) is 5.32 Å². The van der Waals surface area contributed by atoms with Crippen LogP contribution in [-0.4, -0.2) is 24.4 Å². The van der Waals surface area contributed by atoms with E-state index < -0.39 is 30.0 Å². The average molecular weight is 411 g/mol. The van der Waals surface area contributed by atoms with Gasteiger partial charge in [-0.3, -0.25) is 0 Å². The van der Waals surface area contributed by atoms with Crippen molar-refractivity contribution in [2.45, 2.75) is 63.9 Å². The lowest BCUT2D eigenvalue weighted by atomic mass is 9.78. The number of hydrogen-bond donors (Lipinski definition) is 1. The van der Waals surface area contributed by atoms with Crippen molar-refractivity contribution >= 4 is 18.7 Å². The summed E-state index contributed by atoms with van der Waals surface area (Å²) < 4.78 is 32.3. The van der Waals surface area contributed by atoms with E-state index in [1.807, 2.05) is 58.0 Å². The second kappa shape index (κ2) is 7.39. The largest absolute Gasteiger partial charge is 0.494 e. The van der Waals surface area contributed by atoms with Crippen LogP contribution in [0.1, 0.15) is 51.7 Å². The highest BCUT2D eigenvalue weighted by Crippen LogP contribution is 2.46. The van der Waals surface area contributed by atoms with Crippen molar-refractivity contribution < 1.29 is 23.2 Å². The van der Waals surface area contributed by atoms with E-state index in [1.54, 1.807) is 12.1 Å². The standard InChI is InChI=1S/C23H27BFNO4/c1-21(2)22(3,4)30-24(29-21)17-10-11-18(19(25)14-17)23(12-13-23)26-20(27)28-15-16-8-6-5-7-9-16/h5-11,14H,12-13,15H2,1-4H3,(H,26,27). The van der Waals surface area contributed by atoms with Gasteiger partial charge in [-0.05, 0) is 57.6 Å². The van der Waals surface area contributed by atoms with Crippen LogP contribution in [-0.2, 0) is 26.2 Å². The van der Waals surface area contributed by atoms with E-state index in [0.29, 0.717) is 23.9 Å². The van der Waals surface area contributed by atoms with Gasteiger partial charge in [0, 0.05) is 5.56 Å². The Morgan fingerprint density at radius 2 is 1.70 bits per heavy atom. The molecule has 1 aliphatic heterocycles. The molecule has 4 rings (SSSR count). The molecule has 1 saturated carbocycles. The number of hydrogen-bond acceptors (Lipinski definition) is 4. The van der Waals surface area contributed by atoms with Gasteiger partial charge < -0.3 is 19.4 Å². The Bertz CT molecular complexity index is 927. The Morgan fingerprint density at radius 3 is 2.27 bits per heavy atom. The maximum atomic E-state index is 15.0. The Hall–Kier alpha value is -2.38. The minimum atomic E-state index is -0.716. The summed E-state index contributed by atoms with van der Waals surface area (Å²) >= 11 is 0. The molecule has 30 heavy (non-hydrogen) atoms. The van der Waals surface area contributed by atoms with E-state index in [9.17, 15) is 4.79 Å². The molecule has 0 atom stereocenters. The highest BCUT2D eigenvalue weighted by Gasteiger charge is 2.52. The summed E-state index contributed by atoms with van der Waals surface area (Å²) in [4.78, 5) is 12.3. The molecule has 1 saturated heterocycles. The number of carbonyl (C=O) groups excluding carboxylic acids is 1. The van der Waals surface area contributed by atoms with E-state index >= 15 is 4.39 Å². The highest BCUT2D eigenvalue weighted by molar-refractivity contribution is 6.62. The third kappa shape index (κ3) is 3.96. The zero-order valence-corrected chi connectivity index (χ0v) is 17.8. The Labute approximate surface area is 177 Å². The quantitative estimate of drug-likeness (QED) is 0.755. The Kier molecular flexibility index (Phi) is 5.15. The van der Waals surface area contributed by atoms with Crippen molar-refractivity contribution in [3.8, 4) is 0 Å². The molecule has 0 unspecified atom stereocenters. The molecule has 2 fully saturated rings. The van der Waals surface area contributed by atoms with Crippen molar-refractivity contribution in [1.82, 2.24) is 5.32 Å². The smallest absolute Gasteiger partial charge is 0.445 e. The summed E-state index contributed by atoms with van der Waals surface area (Å²) in [5, 5.41) is 2.85. The molecular formula is C23H27BFNO4. The summed E-state index contributed by atoms with van der Waals surface area (Å²) in [6, 6.07) is 14.4. The molecule has 1 heterocycles. The second-order valence-electron chi connectivity index (χ2n) is 9.10. The molecule has 1 N–H and O–H groups in total. The highest BCUT2D eigenvalue weighted by atomic mass is 19.1. The fourth-order valence-corrected chi connectivity index (χ4v) is 3.59. The lowest BCUT2D eigenvalue weighted by molar-refractivity contribution is 0.00578. The number of benzene rings is 2. The van der Waals surface area contributed by atoms with Gasteiger partial charge in [0.05, 0.1) is 16.7 Å². The number of ether oxygens (including phenoxy) is 1. The number of halogens is 1. The third-order valence-corrected chi connectivity index (χ3v) is 6.34. The van der Waals surface area contributed by atoms with Crippen LogP contribution in [0, 0.1) is 5.82 Å². The SMILES string of the molecule is CC1(C)OB(c2ccc(C3(NC(=O)OCc4ccccc4)CC3)c(F)c2)OC1(C)C. The predicted octanol–water partition coefficient (Wildman–Crippen LogP) is 4.04. The van der Waals surface area contributed by atoms with Gasteiger partial charge in [0.1, 0.15) is 12.4 Å². The summed E-state index contributed by atoms with van der Waals surface area (Å²) in [5.74, 6) is -0.386. The van der Waals surface area contributed by atoms with Crippen LogP contribution in [0.15, 0.2) is 48.5 Å². The first-order chi connectivity index (χ1) is 14.1. The van der Waals surface area contributed by atoms with Crippen LogP contribution in [0.25, 0.3) is 0 Å². The molecule has 5 nitrogen and oxygen atoms in total. The van der Waals surface area contributed by atoms with Gasteiger partial charge in [0.25, 0.3) is 0 Å². The number of alkyl carbamates (subject to hydrolysis) is 1. The number of nitrogens with one attached hydrogen (secondary N) is 1. The van der Waals surface area contributed by atoms with Crippen LogP contribution < -0.4 is 10.8 Å². The Morgan fingerprint density at radius 1 is 1.07 bits per heavy atom. The lowest BCUT2D eigenvalue weighted by Crippen LogP contribution is -2.41. The van der Waals surface area contributed by atoms with Crippen LogP contribution in [0.5, 0.6) is 0 Å². The molecule has 2 aliphatic rings. The molecule has 1 aliphatic carbocycles. The molecule has 158 valence electrons. The maximum Gasteiger partial charge on any atom is 0.494 e. The fourth-order valence-electron chi connectivity index (χ4n) is 3.59. The van der Waals surface area contributed by atoms with Crippen molar-refractivity contribution in [2.75, 3.05) is 0 Å². The van der Waals surface area contributed by atoms with E-state index in [0.717, 1.165) is 5.56 Å². The minimum Gasteiger partial charge on any atom is -0.445 e. The third-order valence-electron chi connectivity index (χ3n) is 6.34. The summed E-state index contributed by atoms with van der Waals surface area (Å²) in [6.45, 7) is 8.01. The first-order valence-corrected chi connectivity index (χ1v) is 10.3. The average Bonchev–Trinajstić information content (AvgIpc) is 3.41. The van der Waals surface area contributed by atoms with Crippen LogP contribution in [0.3, 0.4) is 0 Å². The van der Waals surface area contributed by atoms with Gasteiger partial charge in [0.15, 0.2) is 0 Å². The van der Waals surface area contributed by atoms with Crippen LogP contribution in [0.4, 0.5) is 9.18 Å². The Balaban J connectivity index is 1.43. The van der Waals surface area contributed by atoms with E-state index in [-0.39, 0.29) is 12.4 Å². The monoisotopic (exact) mass is 411 g/mol. The van der Waals surface area contributed by atoms with Gasteiger partial charge in [-0.1, -0.05) is 42.5 Å². The molecule has 7 heteroatoms. The normalized spacial score (nSPS) is 20.6. The summed E-state index contributed by atoms with van der Waals surface area (Å²) in [6.07, 6.45) is 0.784. The van der Waals surface area contributed by atoms with Crippen molar-refractivity contribution in [3.63, 3.8) is 0 Å². The van der Waals surface area contributed by atoms with Gasteiger partial charge >= 0.3 is 13.2 Å². The number of carbonyl (C=O) groups is 1. The number of rotatable bonds is 5. The molecule has 1 amide bonds. The molecule has 0 bridgehead atoms. The van der Waals surface area contributed by atoms with Crippen molar-refractivity contribution in [3.05, 3.63) is 65.5 Å². The van der Waals surface area contributed by atoms with Crippen LogP contribution in [0.2, 0.25) is 0 Å². The van der Waals surface area contributed by atoms with Crippen LogP contribution >= 0.6 is 0 Å². The molecule has 2 aromatic rings. The van der Waals surface area contributed by atoms with Crippen molar-refractivity contribution in [2.24, 2.45) is 0 Å². The molecule has 0 aromatic heterocycles. The molecule has 0 spiro atoms. The predicted molar refractivity (Wildman–Crippen MR) is 113 cm³/mol. The first-order valence-electron chi connectivity index (χ1n) is 10.3. The number of amides is 1. The van der Waals surface area contributed by atoms with Crippen molar-refractivity contribution in [1.29, 1.82) is 0 Å². The summed E-state index contributed by atoms with van der Waals surface area (Å²) in [7, 11) is -0.627. The first kappa shape index (κ1) is 20.9. The fraction of sp³-hybridized carbons (Fsp3) is 0.435. The minimum absolute atomic E-state index is 0.173. The summed E-state index contributed by atoms with van der Waals surface area (Å²) in [5.41, 5.74) is 0.280. The second-order valence-corrected chi connectivity index (χ2v) is 9.10.